The van der Waals surface area contributed by atoms with Crippen LogP contribution in [0.4, 0.5) is 0 Å². The van der Waals surface area contributed by atoms with Gasteiger partial charge in [0.05, 0.1) is 11.1 Å². The number of phenolic OH excluding ortho intramolecular Hbond substituents is 3. The van der Waals surface area contributed by atoms with Crippen LogP contribution in [0.5, 0.6) is 17.2 Å². The Morgan fingerprint density at radius 1 is 0.417 bits per heavy atom. The fourth-order valence-corrected chi connectivity index (χ4v) is 7.48. The van der Waals surface area contributed by atoms with Gasteiger partial charge in [0, 0.05) is 17.5 Å². The summed E-state index contributed by atoms with van der Waals surface area (Å²) in [6.07, 6.45) is 0.470. The minimum Gasteiger partial charge on any atom is -0.506 e. The third-order valence-corrected chi connectivity index (χ3v) is 9.64. The molecule has 0 atom stereocenters. The predicted molar refractivity (Wildman–Crippen MR) is 196 cm³/mol. The molecule has 1 aliphatic carbocycles. The molecule has 0 bridgehead atoms. The van der Waals surface area contributed by atoms with Crippen LogP contribution in [0, 0.1) is 11.8 Å². The van der Waals surface area contributed by atoms with Gasteiger partial charge in [0.2, 0.25) is 0 Å². The summed E-state index contributed by atoms with van der Waals surface area (Å²) in [5.41, 5.74) is 7.71. The van der Waals surface area contributed by atoms with Gasteiger partial charge in [-0.15, -0.1) is 0 Å². The highest BCUT2D eigenvalue weighted by atomic mass is 16.3. The Morgan fingerprint density at radius 2 is 1.04 bits per heavy atom. The fourth-order valence-electron chi connectivity index (χ4n) is 7.48. The highest BCUT2D eigenvalue weighted by molar-refractivity contribution is 6.25. The van der Waals surface area contributed by atoms with Crippen molar-refractivity contribution >= 4 is 32.3 Å². The number of rotatable bonds is 3. The molecule has 3 nitrogen and oxygen atoms in total. The minimum atomic E-state index is -0.387. The van der Waals surface area contributed by atoms with E-state index in [4.69, 9.17) is 0 Å². The standard InChI is InChI=1S/C45H28O3/c46-43-38-23-10-15-28-14-4-5-17-32(28)41(38)44(47)42(45(43)48)40-36-20-8-6-18-34(36)39(35-19-7-9-21-37(35)40)33-22-11-16-30-26-29(24-25-31(30)33)27-12-2-1-3-13-27/h1-9,11-14,16-22,24-26,46-48H,15H2. The largest absolute Gasteiger partial charge is 0.506 e. The van der Waals surface area contributed by atoms with Crippen molar-refractivity contribution in [3.63, 3.8) is 0 Å². The average molecular weight is 617 g/mol. The van der Waals surface area contributed by atoms with E-state index in [9.17, 15) is 15.3 Å². The molecule has 0 amide bonds. The van der Waals surface area contributed by atoms with E-state index in [0.717, 1.165) is 60.1 Å². The van der Waals surface area contributed by atoms with Gasteiger partial charge in [-0.3, -0.25) is 0 Å². The van der Waals surface area contributed by atoms with Crippen molar-refractivity contribution < 1.29 is 15.3 Å². The molecule has 0 aliphatic heterocycles. The van der Waals surface area contributed by atoms with Gasteiger partial charge in [-0.25, -0.2) is 0 Å². The molecule has 0 radical (unpaired) electrons. The van der Waals surface area contributed by atoms with Crippen LogP contribution < -0.4 is 0 Å². The molecule has 8 aromatic rings. The number of fused-ring (bicyclic) bond motifs is 6. The topological polar surface area (TPSA) is 60.7 Å². The molecule has 0 heterocycles. The maximum Gasteiger partial charge on any atom is 0.175 e. The van der Waals surface area contributed by atoms with Gasteiger partial charge in [-0.2, -0.15) is 0 Å². The van der Waals surface area contributed by atoms with Crippen molar-refractivity contribution in [2.24, 2.45) is 0 Å². The highest BCUT2D eigenvalue weighted by Gasteiger charge is 2.29. The van der Waals surface area contributed by atoms with E-state index < -0.39 is 0 Å². The Kier molecular flexibility index (Phi) is 6.25. The zero-order valence-corrected chi connectivity index (χ0v) is 25.8. The highest BCUT2D eigenvalue weighted by Crippen LogP contribution is 2.56. The van der Waals surface area contributed by atoms with Crippen LogP contribution in [0.15, 0.2) is 140 Å². The molecule has 226 valence electrons. The first-order valence-corrected chi connectivity index (χ1v) is 16.0. The monoisotopic (exact) mass is 616 g/mol. The van der Waals surface area contributed by atoms with Gasteiger partial charge in [0.15, 0.2) is 11.5 Å². The van der Waals surface area contributed by atoms with Crippen molar-refractivity contribution in [3.8, 4) is 73.6 Å². The number of hydrogen-bond acceptors (Lipinski definition) is 3. The van der Waals surface area contributed by atoms with Crippen LogP contribution in [-0.4, -0.2) is 15.3 Å². The van der Waals surface area contributed by atoms with Crippen LogP contribution >= 0.6 is 0 Å². The van der Waals surface area contributed by atoms with E-state index in [1.54, 1.807) is 0 Å². The maximum absolute atomic E-state index is 12.2. The van der Waals surface area contributed by atoms with E-state index >= 15 is 0 Å². The van der Waals surface area contributed by atoms with Gasteiger partial charge in [-0.1, -0.05) is 145 Å². The van der Waals surface area contributed by atoms with Crippen molar-refractivity contribution in [2.75, 3.05) is 0 Å². The van der Waals surface area contributed by atoms with Gasteiger partial charge in [-0.05, 0) is 71.8 Å². The van der Waals surface area contributed by atoms with Crippen LogP contribution in [0.2, 0.25) is 0 Å². The van der Waals surface area contributed by atoms with E-state index in [1.807, 2.05) is 66.7 Å². The summed E-state index contributed by atoms with van der Waals surface area (Å²) in [7, 11) is 0. The Balaban J connectivity index is 1.37. The van der Waals surface area contributed by atoms with E-state index in [1.165, 1.54) is 5.56 Å². The molecule has 0 saturated heterocycles. The second-order valence-electron chi connectivity index (χ2n) is 12.3. The summed E-state index contributed by atoms with van der Waals surface area (Å²) in [4.78, 5) is 0. The third-order valence-electron chi connectivity index (χ3n) is 9.64. The average Bonchev–Trinajstić information content (AvgIpc) is 3.34. The second-order valence-corrected chi connectivity index (χ2v) is 12.3. The Hall–Kier alpha value is -6.50. The quantitative estimate of drug-likeness (QED) is 0.0801. The van der Waals surface area contributed by atoms with Crippen LogP contribution in [0.25, 0.3) is 76.8 Å². The maximum atomic E-state index is 12.2. The number of benzene rings is 8. The zero-order valence-electron chi connectivity index (χ0n) is 25.8. The normalized spacial score (nSPS) is 11.9. The van der Waals surface area contributed by atoms with Gasteiger partial charge in [0.25, 0.3) is 0 Å². The summed E-state index contributed by atoms with van der Waals surface area (Å²) in [5, 5.41) is 41.3. The molecule has 8 aromatic carbocycles. The first-order valence-electron chi connectivity index (χ1n) is 16.0. The first-order chi connectivity index (χ1) is 23.6. The molecule has 0 unspecified atom stereocenters. The van der Waals surface area contributed by atoms with Gasteiger partial charge < -0.3 is 15.3 Å². The molecule has 0 saturated carbocycles. The molecule has 3 heteroatoms. The lowest BCUT2D eigenvalue weighted by atomic mass is 9.82. The number of aromatic hydroxyl groups is 3. The Labute approximate surface area is 277 Å². The molecule has 0 aromatic heterocycles. The summed E-state index contributed by atoms with van der Waals surface area (Å²) < 4.78 is 0. The van der Waals surface area contributed by atoms with E-state index in [-0.39, 0.29) is 28.4 Å². The lowest BCUT2D eigenvalue weighted by Crippen LogP contribution is -1.96. The molecule has 0 spiro atoms. The van der Waals surface area contributed by atoms with Gasteiger partial charge in [0.1, 0.15) is 5.75 Å². The molecule has 3 N–H and O–H groups in total. The van der Waals surface area contributed by atoms with Crippen molar-refractivity contribution in [2.45, 2.75) is 6.42 Å². The lowest BCUT2D eigenvalue weighted by Gasteiger charge is -2.22. The SMILES string of the molecule is Oc1c(O)c(-c2c3ccccc3c(-c3cccc4cc(-c5ccccc5)ccc34)c3ccccc23)c(O)c2c1C#CCc1ccccc1-2. The molecule has 1 aliphatic rings. The Bertz CT molecular complexity index is 2620. The summed E-state index contributed by atoms with van der Waals surface area (Å²) in [5.74, 6) is 5.29. The lowest BCUT2D eigenvalue weighted by molar-refractivity contribution is 0.398. The smallest absolute Gasteiger partial charge is 0.175 e. The predicted octanol–water partition coefficient (Wildman–Crippen LogP) is 10.8. The van der Waals surface area contributed by atoms with E-state index in [2.05, 4.69) is 84.6 Å². The summed E-state index contributed by atoms with van der Waals surface area (Å²) >= 11 is 0. The van der Waals surface area contributed by atoms with Crippen molar-refractivity contribution in [1.29, 1.82) is 0 Å². The zero-order chi connectivity index (χ0) is 32.4. The third kappa shape index (κ3) is 4.10. The van der Waals surface area contributed by atoms with Crippen molar-refractivity contribution in [3.05, 3.63) is 151 Å². The minimum absolute atomic E-state index is 0.106. The van der Waals surface area contributed by atoms with E-state index in [0.29, 0.717) is 17.5 Å². The second kappa shape index (κ2) is 10.8. The molecular formula is C45H28O3. The summed E-state index contributed by atoms with van der Waals surface area (Å²) in [6.45, 7) is 0. The number of hydrogen-bond donors (Lipinski definition) is 3. The molecule has 0 fully saturated rings. The first kappa shape index (κ1) is 27.8. The van der Waals surface area contributed by atoms with Gasteiger partial charge >= 0.3 is 0 Å². The molecule has 9 rings (SSSR count). The fraction of sp³-hybridized carbons (Fsp3) is 0.0222. The molecule has 48 heavy (non-hydrogen) atoms. The van der Waals surface area contributed by atoms with Crippen LogP contribution in [-0.2, 0) is 6.42 Å². The van der Waals surface area contributed by atoms with Crippen LogP contribution in [0.3, 0.4) is 0 Å². The van der Waals surface area contributed by atoms with Crippen LogP contribution in [0.1, 0.15) is 11.1 Å². The number of phenols is 3. The van der Waals surface area contributed by atoms with Crippen molar-refractivity contribution in [1.82, 2.24) is 0 Å². The summed E-state index contributed by atoms with van der Waals surface area (Å²) in [6, 6.07) is 47.4. The molecular weight excluding hydrogens is 588 g/mol. The Morgan fingerprint density at radius 3 is 1.77 bits per heavy atom.